The summed E-state index contributed by atoms with van der Waals surface area (Å²) in [7, 11) is 1.85. The molecule has 0 radical (unpaired) electrons. The van der Waals surface area contributed by atoms with Gasteiger partial charge in [-0.15, -0.1) is 11.3 Å². The van der Waals surface area contributed by atoms with Gasteiger partial charge in [0.05, 0.1) is 11.9 Å². The second-order valence-corrected chi connectivity index (χ2v) is 5.45. The topological polar surface area (TPSA) is 85.8 Å². The van der Waals surface area contributed by atoms with Crippen LogP contribution in [0.3, 0.4) is 0 Å². The minimum absolute atomic E-state index is 0.0455. The van der Waals surface area contributed by atoms with E-state index < -0.39 is 0 Å². The van der Waals surface area contributed by atoms with Crippen molar-refractivity contribution < 1.29 is 4.79 Å². The number of rotatable bonds is 4. The summed E-state index contributed by atoms with van der Waals surface area (Å²) in [6.45, 7) is 4.12. The smallest absolute Gasteiger partial charge is 0.263 e. The van der Waals surface area contributed by atoms with Crippen molar-refractivity contribution in [2.45, 2.75) is 19.9 Å². The Morgan fingerprint density at radius 3 is 2.95 bits per heavy atom. The number of hydrogen-bond acceptors (Lipinski definition) is 5. The van der Waals surface area contributed by atoms with Crippen LogP contribution in [0.2, 0.25) is 0 Å². The molecule has 2 heterocycles. The SMILES string of the molecule is Cc1nc(-c2cnn(C)c2)sc1C(=O)N[C@@H](C)CN. The maximum atomic E-state index is 12.1. The van der Waals surface area contributed by atoms with Crippen molar-refractivity contribution in [2.75, 3.05) is 6.54 Å². The summed E-state index contributed by atoms with van der Waals surface area (Å²) < 4.78 is 1.71. The number of amides is 1. The van der Waals surface area contributed by atoms with Crippen molar-refractivity contribution in [1.82, 2.24) is 20.1 Å². The van der Waals surface area contributed by atoms with Crippen molar-refractivity contribution in [3.8, 4) is 10.6 Å². The van der Waals surface area contributed by atoms with Crippen LogP contribution in [-0.4, -0.2) is 33.3 Å². The minimum atomic E-state index is -0.122. The van der Waals surface area contributed by atoms with Crippen molar-refractivity contribution in [3.63, 3.8) is 0 Å². The molecule has 6 nitrogen and oxygen atoms in total. The highest BCUT2D eigenvalue weighted by atomic mass is 32.1. The number of aryl methyl sites for hydroxylation is 2. The van der Waals surface area contributed by atoms with E-state index in [0.29, 0.717) is 11.4 Å². The van der Waals surface area contributed by atoms with Crippen LogP contribution < -0.4 is 11.1 Å². The Morgan fingerprint density at radius 2 is 2.37 bits per heavy atom. The van der Waals surface area contributed by atoms with Crippen LogP contribution in [0.1, 0.15) is 22.3 Å². The van der Waals surface area contributed by atoms with E-state index in [2.05, 4.69) is 15.4 Å². The first-order valence-electron chi connectivity index (χ1n) is 5.98. The van der Waals surface area contributed by atoms with Gasteiger partial charge in [-0.2, -0.15) is 5.10 Å². The molecule has 0 aromatic carbocycles. The quantitative estimate of drug-likeness (QED) is 0.871. The fourth-order valence-corrected chi connectivity index (χ4v) is 2.55. The van der Waals surface area contributed by atoms with Gasteiger partial charge in [0, 0.05) is 31.4 Å². The summed E-state index contributed by atoms with van der Waals surface area (Å²) in [4.78, 5) is 17.1. The van der Waals surface area contributed by atoms with Crippen LogP contribution in [0.4, 0.5) is 0 Å². The summed E-state index contributed by atoms with van der Waals surface area (Å²) >= 11 is 1.37. The summed E-state index contributed by atoms with van der Waals surface area (Å²) in [5, 5.41) is 7.75. The highest BCUT2D eigenvalue weighted by molar-refractivity contribution is 7.17. The van der Waals surface area contributed by atoms with Gasteiger partial charge in [0.15, 0.2) is 0 Å². The number of aromatic nitrogens is 3. The number of nitrogens with zero attached hydrogens (tertiary/aromatic N) is 3. The summed E-state index contributed by atoms with van der Waals surface area (Å²) in [5.41, 5.74) is 7.14. The van der Waals surface area contributed by atoms with Crippen molar-refractivity contribution >= 4 is 17.2 Å². The van der Waals surface area contributed by atoms with E-state index in [4.69, 9.17) is 5.73 Å². The number of nitrogens with one attached hydrogen (secondary N) is 1. The lowest BCUT2D eigenvalue weighted by atomic mass is 10.3. The normalized spacial score (nSPS) is 12.4. The molecule has 2 aromatic rings. The van der Waals surface area contributed by atoms with Crippen LogP contribution in [-0.2, 0) is 7.05 Å². The lowest BCUT2D eigenvalue weighted by molar-refractivity contribution is 0.0944. The number of carbonyl (C=O) groups is 1. The molecule has 1 atom stereocenters. The van der Waals surface area contributed by atoms with E-state index in [0.717, 1.165) is 16.3 Å². The summed E-state index contributed by atoms with van der Waals surface area (Å²) in [6.07, 6.45) is 3.62. The third kappa shape index (κ3) is 2.99. The monoisotopic (exact) mass is 279 g/mol. The van der Waals surface area contributed by atoms with Crippen molar-refractivity contribution in [2.24, 2.45) is 12.8 Å². The van der Waals surface area contributed by atoms with E-state index in [1.807, 2.05) is 27.1 Å². The standard InChI is InChI=1S/C12H17N5OS/c1-7(4-13)15-11(18)10-8(2)16-12(19-10)9-5-14-17(3)6-9/h5-7H,4,13H2,1-3H3,(H,15,18)/t7-/m0/s1. The Bertz CT molecular complexity index is 589. The summed E-state index contributed by atoms with van der Waals surface area (Å²) in [6, 6.07) is -0.0455. The highest BCUT2D eigenvalue weighted by Crippen LogP contribution is 2.27. The Balaban J connectivity index is 2.24. The Morgan fingerprint density at radius 1 is 1.63 bits per heavy atom. The molecular formula is C12H17N5OS. The average Bonchev–Trinajstić information content (AvgIpc) is 2.95. The number of nitrogens with two attached hydrogens (primary N) is 1. The van der Waals surface area contributed by atoms with Crippen LogP contribution in [0, 0.1) is 6.92 Å². The van der Waals surface area contributed by atoms with Crippen LogP contribution in [0.25, 0.3) is 10.6 Å². The second-order valence-electron chi connectivity index (χ2n) is 4.45. The molecule has 0 aliphatic carbocycles. The first kappa shape index (κ1) is 13.7. The predicted octanol–water partition coefficient (Wildman–Crippen LogP) is 0.929. The molecule has 0 bridgehead atoms. The van der Waals surface area contributed by atoms with Gasteiger partial charge < -0.3 is 11.1 Å². The van der Waals surface area contributed by atoms with Crippen molar-refractivity contribution in [3.05, 3.63) is 23.0 Å². The Hall–Kier alpha value is -1.73. The van der Waals surface area contributed by atoms with Gasteiger partial charge in [-0.3, -0.25) is 9.48 Å². The predicted molar refractivity (Wildman–Crippen MR) is 75.0 cm³/mol. The Kier molecular flexibility index (Phi) is 3.96. The zero-order chi connectivity index (χ0) is 14.0. The fourth-order valence-electron chi connectivity index (χ4n) is 1.61. The minimum Gasteiger partial charge on any atom is -0.348 e. The van der Waals surface area contributed by atoms with Gasteiger partial charge in [-0.05, 0) is 13.8 Å². The van der Waals surface area contributed by atoms with Gasteiger partial charge in [0.2, 0.25) is 0 Å². The zero-order valence-corrected chi connectivity index (χ0v) is 12.0. The molecule has 0 spiro atoms. The van der Waals surface area contributed by atoms with Gasteiger partial charge >= 0.3 is 0 Å². The number of carbonyl (C=O) groups excluding carboxylic acids is 1. The third-order valence-corrected chi connectivity index (χ3v) is 3.89. The molecule has 0 saturated heterocycles. The first-order valence-corrected chi connectivity index (χ1v) is 6.80. The molecule has 19 heavy (non-hydrogen) atoms. The zero-order valence-electron chi connectivity index (χ0n) is 11.2. The molecule has 0 unspecified atom stereocenters. The maximum absolute atomic E-state index is 12.1. The number of hydrogen-bond donors (Lipinski definition) is 2. The summed E-state index contributed by atoms with van der Waals surface area (Å²) in [5.74, 6) is -0.122. The van der Waals surface area contributed by atoms with Crippen molar-refractivity contribution in [1.29, 1.82) is 0 Å². The van der Waals surface area contributed by atoms with Gasteiger partial charge in [0.25, 0.3) is 5.91 Å². The molecule has 2 aromatic heterocycles. The second kappa shape index (κ2) is 5.50. The molecule has 0 aliphatic rings. The lowest BCUT2D eigenvalue weighted by Crippen LogP contribution is -2.37. The van der Waals surface area contributed by atoms with Crippen LogP contribution in [0.5, 0.6) is 0 Å². The van der Waals surface area contributed by atoms with Gasteiger partial charge in [-0.25, -0.2) is 4.98 Å². The first-order chi connectivity index (χ1) is 9.01. The highest BCUT2D eigenvalue weighted by Gasteiger charge is 2.17. The van der Waals surface area contributed by atoms with E-state index in [9.17, 15) is 4.79 Å². The van der Waals surface area contributed by atoms with Crippen LogP contribution in [0.15, 0.2) is 12.4 Å². The molecule has 1 amide bonds. The molecule has 3 N–H and O–H groups in total. The maximum Gasteiger partial charge on any atom is 0.263 e. The molecule has 102 valence electrons. The Labute approximate surface area is 115 Å². The fraction of sp³-hybridized carbons (Fsp3) is 0.417. The molecule has 7 heteroatoms. The largest absolute Gasteiger partial charge is 0.348 e. The average molecular weight is 279 g/mol. The number of thiazole rings is 1. The lowest BCUT2D eigenvalue weighted by Gasteiger charge is -2.09. The van der Waals surface area contributed by atoms with E-state index in [1.165, 1.54) is 11.3 Å². The molecular weight excluding hydrogens is 262 g/mol. The molecule has 0 saturated carbocycles. The van der Waals surface area contributed by atoms with E-state index in [1.54, 1.807) is 10.9 Å². The molecule has 0 fully saturated rings. The third-order valence-electron chi connectivity index (χ3n) is 2.69. The van der Waals surface area contributed by atoms with E-state index in [-0.39, 0.29) is 11.9 Å². The molecule has 2 rings (SSSR count). The van der Waals surface area contributed by atoms with Crippen LogP contribution >= 0.6 is 11.3 Å². The van der Waals surface area contributed by atoms with E-state index >= 15 is 0 Å². The van der Waals surface area contributed by atoms with Gasteiger partial charge in [-0.1, -0.05) is 0 Å². The molecule has 0 aliphatic heterocycles. The van der Waals surface area contributed by atoms with Gasteiger partial charge in [0.1, 0.15) is 9.88 Å².